The molecular weight excluding hydrogens is 434 g/mol. The van der Waals surface area contributed by atoms with Gasteiger partial charge in [-0.3, -0.25) is 14.5 Å². The quantitative estimate of drug-likeness (QED) is 0.653. The minimum absolute atomic E-state index is 0.0757. The molecule has 9 nitrogen and oxygen atoms in total. The van der Waals surface area contributed by atoms with Crippen molar-refractivity contribution in [2.45, 2.75) is 25.7 Å². The topological polar surface area (TPSA) is 109 Å². The Morgan fingerprint density at radius 1 is 1.03 bits per heavy atom. The van der Waals surface area contributed by atoms with Gasteiger partial charge >= 0.3 is 0 Å². The molecule has 32 heavy (non-hydrogen) atoms. The second kappa shape index (κ2) is 8.68. The van der Waals surface area contributed by atoms with Crippen LogP contribution in [0.1, 0.15) is 39.0 Å². The average Bonchev–Trinajstić information content (AvgIpc) is 3.08. The number of ketones is 2. The number of carbonyl (C=O) groups excluding carboxylic acids is 2. The number of nitrogens with zero attached hydrogens (tertiary/aromatic N) is 2. The van der Waals surface area contributed by atoms with E-state index in [9.17, 15) is 18.0 Å². The average molecular weight is 462 g/mol. The minimum Gasteiger partial charge on any atom is -0.486 e. The molecule has 0 radical (unpaired) electrons. The van der Waals surface area contributed by atoms with Gasteiger partial charge in [0, 0.05) is 43.5 Å². The highest BCUT2D eigenvalue weighted by Gasteiger charge is 2.31. The zero-order chi connectivity index (χ0) is 23.0. The maximum Gasteiger partial charge on any atom is 0.243 e. The molecule has 2 aliphatic rings. The lowest BCUT2D eigenvalue weighted by Gasteiger charge is -2.33. The normalized spacial score (nSPS) is 17.3. The first-order valence-corrected chi connectivity index (χ1v) is 12.0. The predicted octanol–water partition coefficient (Wildman–Crippen LogP) is 1.79. The number of ether oxygens (including phenoxy) is 2. The molecule has 0 spiro atoms. The van der Waals surface area contributed by atoms with Gasteiger partial charge in [0.1, 0.15) is 13.2 Å². The van der Waals surface area contributed by atoms with Crippen molar-refractivity contribution >= 4 is 21.6 Å². The van der Waals surface area contributed by atoms with Crippen LogP contribution in [0, 0.1) is 13.8 Å². The van der Waals surface area contributed by atoms with Crippen LogP contribution in [0.4, 0.5) is 0 Å². The van der Waals surface area contributed by atoms with Crippen LogP contribution >= 0.6 is 0 Å². The van der Waals surface area contributed by atoms with E-state index in [-0.39, 0.29) is 36.1 Å². The standard InChI is InChI=1S/C22H27N3O6S/c1-14-21(16(3)26)15(2)23-22(14)18(27)13-24-6-8-25(9-7-24)32(28,29)17-4-5-19-20(12-17)31-11-10-30-19/h4-5,12,23H,6-11,13H2,1-3H3. The first-order valence-electron chi connectivity index (χ1n) is 10.5. The Bertz CT molecular complexity index is 1160. The van der Waals surface area contributed by atoms with Gasteiger partial charge in [0.2, 0.25) is 10.0 Å². The Kier molecular flexibility index (Phi) is 6.11. The summed E-state index contributed by atoms with van der Waals surface area (Å²) in [6, 6.07) is 4.65. The number of nitrogens with one attached hydrogen (secondary N) is 1. The van der Waals surface area contributed by atoms with Crippen LogP contribution in [0.25, 0.3) is 0 Å². The number of fused-ring (bicyclic) bond motifs is 1. The van der Waals surface area contributed by atoms with Crippen molar-refractivity contribution in [2.24, 2.45) is 0 Å². The molecule has 0 bridgehead atoms. The van der Waals surface area contributed by atoms with Crippen LogP contribution in [-0.4, -0.2) is 80.1 Å². The SMILES string of the molecule is CC(=O)c1c(C)[nH]c(C(=O)CN2CCN(S(=O)(=O)c3ccc4c(c3)OCCO4)CC2)c1C. The Balaban J connectivity index is 1.40. The summed E-state index contributed by atoms with van der Waals surface area (Å²) in [5, 5.41) is 0. The number of hydrogen-bond acceptors (Lipinski definition) is 7. The van der Waals surface area contributed by atoms with Gasteiger partial charge in [0.05, 0.1) is 17.1 Å². The number of Topliss-reactive ketones (excluding diaryl/α,β-unsaturated/α-hetero) is 2. The lowest BCUT2D eigenvalue weighted by molar-refractivity contribution is 0.0896. The fourth-order valence-corrected chi connectivity index (χ4v) is 5.74. The highest BCUT2D eigenvalue weighted by atomic mass is 32.2. The zero-order valence-corrected chi connectivity index (χ0v) is 19.3. The summed E-state index contributed by atoms with van der Waals surface area (Å²) < 4.78 is 38.6. The predicted molar refractivity (Wildman–Crippen MR) is 117 cm³/mol. The van der Waals surface area contributed by atoms with Gasteiger partial charge in [0.15, 0.2) is 23.1 Å². The van der Waals surface area contributed by atoms with Crippen molar-refractivity contribution in [2.75, 3.05) is 45.9 Å². The van der Waals surface area contributed by atoms with E-state index >= 15 is 0 Å². The van der Waals surface area contributed by atoms with Gasteiger partial charge in [-0.1, -0.05) is 0 Å². The second-order valence-electron chi connectivity index (χ2n) is 8.09. The molecule has 1 aromatic heterocycles. The van der Waals surface area contributed by atoms with E-state index in [0.29, 0.717) is 60.3 Å². The third-order valence-electron chi connectivity index (χ3n) is 5.92. The first-order chi connectivity index (χ1) is 15.2. The number of aryl methyl sites for hydroxylation is 1. The summed E-state index contributed by atoms with van der Waals surface area (Å²) >= 11 is 0. The van der Waals surface area contributed by atoms with Crippen molar-refractivity contribution in [3.8, 4) is 11.5 Å². The van der Waals surface area contributed by atoms with E-state index in [0.717, 1.165) is 0 Å². The second-order valence-corrected chi connectivity index (χ2v) is 10.0. The van der Waals surface area contributed by atoms with Crippen molar-refractivity contribution in [3.63, 3.8) is 0 Å². The van der Waals surface area contributed by atoms with Gasteiger partial charge in [-0.15, -0.1) is 0 Å². The van der Waals surface area contributed by atoms with E-state index in [1.54, 1.807) is 19.9 Å². The number of aromatic amines is 1. The molecular formula is C22H27N3O6S. The number of benzene rings is 1. The Morgan fingerprint density at radius 2 is 1.69 bits per heavy atom. The summed E-state index contributed by atoms with van der Waals surface area (Å²) in [5.41, 5.74) is 2.36. The summed E-state index contributed by atoms with van der Waals surface area (Å²) in [7, 11) is -3.68. The summed E-state index contributed by atoms with van der Waals surface area (Å²) in [4.78, 5) is 29.8. The van der Waals surface area contributed by atoms with Gasteiger partial charge in [-0.05, 0) is 38.5 Å². The van der Waals surface area contributed by atoms with E-state index in [1.807, 2.05) is 4.90 Å². The van der Waals surface area contributed by atoms with Crippen LogP contribution in [0.15, 0.2) is 23.1 Å². The molecule has 0 amide bonds. The number of H-pyrrole nitrogens is 1. The van der Waals surface area contributed by atoms with Gasteiger partial charge in [-0.25, -0.2) is 8.42 Å². The van der Waals surface area contributed by atoms with Crippen LogP contribution in [0.2, 0.25) is 0 Å². The van der Waals surface area contributed by atoms with E-state index in [2.05, 4.69) is 4.98 Å². The molecule has 3 heterocycles. The molecule has 0 aliphatic carbocycles. The zero-order valence-electron chi connectivity index (χ0n) is 18.4. The maximum atomic E-state index is 13.1. The molecule has 2 aromatic rings. The van der Waals surface area contributed by atoms with Crippen molar-refractivity contribution < 1.29 is 27.5 Å². The third kappa shape index (κ3) is 4.17. The number of hydrogen-bond donors (Lipinski definition) is 1. The highest BCUT2D eigenvalue weighted by Crippen LogP contribution is 2.33. The van der Waals surface area contributed by atoms with Crippen molar-refractivity contribution in [1.29, 1.82) is 0 Å². The molecule has 10 heteroatoms. The highest BCUT2D eigenvalue weighted by molar-refractivity contribution is 7.89. The smallest absolute Gasteiger partial charge is 0.243 e. The van der Waals surface area contributed by atoms with Crippen molar-refractivity contribution in [3.05, 3.63) is 40.7 Å². The summed E-state index contributed by atoms with van der Waals surface area (Å²) in [6.07, 6.45) is 0. The molecule has 0 atom stereocenters. The monoisotopic (exact) mass is 461 g/mol. The van der Waals surface area contributed by atoms with Crippen LogP contribution in [0.5, 0.6) is 11.5 Å². The molecule has 1 N–H and O–H groups in total. The number of piperazine rings is 1. The Morgan fingerprint density at radius 3 is 2.31 bits per heavy atom. The largest absolute Gasteiger partial charge is 0.486 e. The molecule has 1 aromatic carbocycles. The van der Waals surface area contributed by atoms with Crippen LogP contribution in [0.3, 0.4) is 0 Å². The lowest BCUT2D eigenvalue weighted by Crippen LogP contribution is -2.49. The van der Waals surface area contributed by atoms with E-state index in [4.69, 9.17) is 9.47 Å². The van der Waals surface area contributed by atoms with Crippen LogP contribution in [-0.2, 0) is 10.0 Å². The third-order valence-corrected chi connectivity index (χ3v) is 7.81. The molecule has 0 saturated carbocycles. The summed E-state index contributed by atoms with van der Waals surface area (Å²) in [5.74, 6) is 0.791. The fraction of sp³-hybridized carbons (Fsp3) is 0.455. The lowest BCUT2D eigenvalue weighted by atomic mass is 10.1. The van der Waals surface area contributed by atoms with E-state index < -0.39 is 10.0 Å². The maximum absolute atomic E-state index is 13.1. The Hall–Kier alpha value is -2.69. The Labute approximate surface area is 187 Å². The number of rotatable bonds is 6. The fourth-order valence-electron chi connectivity index (χ4n) is 4.30. The van der Waals surface area contributed by atoms with Crippen molar-refractivity contribution in [1.82, 2.24) is 14.2 Å². The molecule has 1 saturated heterocycles. The summed E-state index contributed by atoms with van der Waals surface area (Å²) in [6.45, 7) is 7.47. The molecule has 2 aliphatic heterocycles. The molecule has 4 rings (SSSR count). The minimum atomic E-state index is -3.68. The van der Waals surface area contributed by atoms with E-state index in [1.165, 1.54) is 23.4 Å². The first kappa shape index (κ1) is 22.5. The van der Waals surface area contributed by atoms with Gasteiger partial charge < -0.3 is 14.5 Å². The van der Waals surface area contributed by atoms with Crippen LogP contribution < -0.4 is 9.47 Å². The number of aromatic nitrogens is 1. The molecule has 0 unspecified atom stereocenters. The number of sulfonamides is 1. The van der Waals surface area contributed by atoms with Gasteiger partial charge in [0.25, 0.3) is 0 Å². The van der Waals surface area contributed by atoms with Gasteiger partial charge in [-0.2, -0.15) is 4.31 Å². The number of carbonyl (C=O) groups is 2. The molecule has 1 fully saturated rings. The molecule has 172 valence electrons.